The molecule has 0 aliphatic rings. The number of nitrogens with one attached hydrogen (secondary N) is 1. The number of amides is 1. The zero-order valence-electron chi connectivity index (χ0n) is 12.3. The molecule has 0 saturated carbocycles. The van der Waals surface area contributed by atoms with E-state index in [4.69, 9.17) is 18.0 Å². The standard InChI is InChI=1S/C17H20N2OS/c1-3-17(4-2,15(18)21)16(20)19-14-10-9-12-7-5-6-8-13(12)11-14/h5-11H,3-4H2,1-2H3,(H2,18,21)(H,19,20). The Morgan fingerprint density at radius 2 is 1.76 bits per heavy atom. The fourth-order valence-corrected chi connectivity index (χ4v) is 2.93. The van der Waals surface area contributed by atoms with Gasteiger partial charge in [0.25, 0.3) is 0 Å². The Labute approximate surface area is 130 Å². The van der Waals surface area contributed by atoms with Gasteiger partial charge in [-0.3, -0.25) is 4.79 Å². The van der Waals surface area contributed by atoms with Gasteiger partial charge in [-0.25, -0.2) is 0 Å². The molecule has 0 unspecified atom stereocenters. The van der Waals surface area contributed by atoms with Gasteiger partial charge < -0.3 is 11.1 Å². The number of benzene rings is 2. The number of anilines is 1. The second-order valence-corrected chi connectivity index (χ2v) is 5.61. The molecule has 0 bridgehead atoms. The molecule has 21 heavy (non-hydrogen) atoms. The molecule has 0 spiro atoms. The number of nitrogens with two attached hydrogens (primary N) is 1. The molecule has 3 nitrogen and oxygen atoms in total. The Kier molecular flexibility index (Phi) is 4.58. The van der Waals surface area contributed by atoms with Crippen LogP contribution in [0, 0.1) is 5.41 Å². The van der Waals surface area contributed by atoms with Crippen molar-refractivity contribution >= 4 is 39.6 Å². The van der Waals surface area contributed by atoms with Crippen LogP contribution in [0.3, 0.4) is 0 Å². The summed E-state index contributed by atoms with van der Waals surface area (Å²) in [5.74, 6) is -0.129. The van der Waals surface area contributed by atoms with Crippen LogP contribution in [-0.2, 0) is 4.79 Å². The largest absolute Gasteiger partial charge is 0.392 e. The molecule has 2 aromatic carbocycles. The van der Waals surface area contributed by atoms with Gasteiger partial charge in [0.1, 0.15) is 0 Å². The monoisotopic (exact) mass is 300 g/mol. The van der Waals surface area contributed by atoms with Gasteiger partial charge in [0.2, 0.25) is 5.91 Å². The molecule has 0 fully saturated rings. The Morgan fingerprint density at radius 3 is 2.33 bits per heavy atom. The summed E-state index contributed by atoms with van der Waals surface area (Å²) in [6, 6.07) is 13.9. The topological polar surface area (TPSA) is 55.1 Å². The number of rotatable bonds is 5. The van der Waals surface area contributed by atoms with E-state index in [0.29, 0.717) is 12.8 Å². The van der Waals surface area contributed by atoms with Crippen molar-refractivity contribution in [2.24, 2.45) is 11.1 Å². The fraction of sp³-hybridized carbons (Fsp3) is 0.294. The molecule has 0 aliphatic carbocycles. The summed E-state index contributed by atoms with van der Waals surface area (Å²) < 4.78 is 0. The lowest BCUT2D eigenvalue weighted by Gasteiger charge is -2.28. The summed E-state index contributed by atoms with van der Waals surface area (Å²) in [4.78, 5) is 12.9. The third kappa shape index (κ3) is 2.90. The van der Waals surface area contributed by atoms with Gasteiger partial charge >= 0.3 is 0 Å². The third-order valence-electron chi connectivity index (χ3n) is 4.12. The fourth-order valence-electron chi connectivity index (χ4n) is 2.55. The molecule has 2 rings (SSSR count). The van der Waals surface area contributed by atoms with E-state index in [-0.39, 0.29) is 10.9 Å². The lowest BCUT2D eigenvalue weighted by atomic mass is 9.81. The highest BCUT2D eigenvalue weighted by molar-refractivity contribution is 7.80. The van der Waals surface area contributed by atoms with Gasteiger partial charge in [-0.15, -0.1) is 0 Å². The van der Waals surface area contributed by atoms with E-state index in [2.05, 4.69) is 5.32 Å². The van der Waals surface area contributed by atoms with Crippen molar-refractivity contribution in [3.63, 3.8) is 0 Å². The molecule has 0 aliphatic heterocycles. The van der Waals surface area contributed by atoms with E-state index < -0.39 is 5.41 Å². The van der Waals surface area contributed by atoms with Crippen molar-refractivity contribution in [1.29, 1.82) is 0 Å². The number of thiocarbonyl (C=S) groups is 1. The first-order valence-corrected chi connectivity index (χ1v) is 7.54. The van der Waals surface area contributed by atoms with Crippen LogP contribution in [0.15, 0.2) is 42.5 Å². The predicted molar refractivity (Wildman–Crippen MR) is 92.4 cm³/mol. The Bertz CT molecular complexity index is 677. The van der Waals surface area contributed by atoms with Gasteiger partial charge in [-0.1, -0.05) is 56.4 Å². The highest BCUT2D eigenvalue weighted by Gasteiger charge is 2.38. The molecule has 1 amide bonds. The zero-order valence-corrected chi connectivity index (χ0v) is 13.2. The van der Waals surface area contributed by atoms with E-state index in [0.717, 1.165) is 16.5 Å². The Morgan fingerprint density at radius 1 is 1.14 bits per heavy atom. The highest BCUT2D eigenvalue weighted by Crippen LogP contribution is 2.29. The Balaban J connectivity index is 2.30. The van der Waals surface area contributed by atoms with Crippen LogP contribution in [0.5, 0.6) is 0 Å². The third-order valence-corrected chi connectivity index (χ3v) is 4.51. The minimum absolute atomic E-state index is 0.129. The van der Waals surface area contributed by atoms with Gasteiger partial charge in [-0.05, 0) is 35.7 Å². The van der Waals surface area contributed by atoms with E-state index in [1.807, 2.05) is 56.3 Å². The number of carbonyl (C=O) groups is 1. The number of carbonyl (C=O) groups excluding carboxylic acids is 1. The molecule has 0 aromatic heterocycles. The van der Waals surface area contributed by atoms with Crippen molar-refractivity contribution < 1.29 is 4.79 Å². The molecular weight excluding hydrogens is 280 g/mol. The molecule has 3 N–H and O–H groups in total. The molecule has 4 heteroatoms. The van der Waals surface area contributed by atoms with Crippen LogP contribution in [0.25, 0.3) is 10.8 Å². The van der Waals surface area contributed by atoms with Crippen LogP contribution in [0.1, 0.15) is 26.7 Å². The van der Waals surface area contributed by atoms with Crippen molar-refractivity contribution in [1.82, 2.24) is 0 Å². The number of fused-ring (bicyclic) bond motifs is 1. The molecule has 0 radical (unpaired) electrons. The highest BCUT2D eigenvalue weighted by atomic mass is 32.1. The average molecular weight is 300 g/mol. The molecule has 0 heterocycles. The van der Waals surface area contributed by atoms with Gasteiger partial charge in [0.15, 0.2) is 0 Å². The normalized spacial score (nSPS) is 11.3. The van der Waals surface area contributed by atoms with E-state index in [1.54, 1.807) is 0 Å². The van der Waals surface area contributed by atoms with Crippen molar-refractivity contribution in [3.8, 4) is 0 Å². The molecule has 2 aromatic rings. The van der Waals surface area contributed by atoms with Gasteiger partial charge in [0.05, 0.1) is 10.4 Å². The van der Waals surface area contributed by atoms with Gasteiger partial charge in [0, 0.05) is 5.69 Å². The van der Waals surface area contributed by atoms with Crippen LogP contribution in [0.4, 0.5) is 5.69 Å². The first-order valence-electron chi connectivity index (χ1n) is 7.13. The lowest BCUT2D eigenvalue weighted by Crippen LogP contribution is -2.45. The maximum atomic E-state index is 12.6. The number of hydrogen-bond acceptors (Lipinski definition) is 2. The summed E-state index contributed by atoms with van der Waals surface area (Å²) in [6.07, 6.45) is 1.19. The maximum Gasteiger partial charge on any atom is 0.237 e. The lowest BCUT2D eigenvalue weighted by molar-refractivity contribution is -0.122. The summed E-state index contributed by atoms with van der Waals surface area (Å²) in [5, 5.41) is 5.18. The van der Waals surface area contributed by atoms with E-state index in [9.17, 15) is 4.79 Å². The predicted octanol–water partition coefficient (Wildman–Crippen LogP) is 3.87. The first-order chi connectivity index (χ1) is 10.0. The zero-order chi connectivity index (χ0) is 15.5. The first kappa shape index (κ1) is 15.4. The molecular formula is C17H20N2OS. The number of hydrogen-bond donors (Lipinski definition) is 2. The minimum Gasteiger partial charge on any atom is -0.392 e. The Hall–Kier alpha value is -1.94. The minimum atomic E-state index is -0.777. The summed E-state index contributed by atoms with van der Waals surface area (Å²) in [5.41, 5.74) is 5.80. The summed E-state index contributed by atoms with van der Waals surface area (Å²) >= 11 is 5.11. The molecule has 0 atom stereocenters. The summed E-state index contributed by atoms with van der Waals surface area (Å²) in [6.45, 7) is 3.87. The maximum absolute atomic E-state index is 12.6. The van der Waals surface area contributed by atoms with Crippen LogP contribution < -0.4 is 11.1 Å². The summed E-state index contributed by atoms with van der Waals surface area (Å²) in [7, 11) is 0. The molecule has 110 valence electrons. The quantitative estimate of drug-likeness (QED) is 0.824. The smallest absolute Gasteiger partial charge is 0.237 e. The van der Waals surface area contributed by atoms with Gasteiger partial charge in [-0.2, -0.15) is 0 Å². The second-order valence-electron chi connectivity index (χ2n) is 5.17. The van der Waals surface area contributed by atoms with Crippen molar-refractivity contribution in [2.75, 3.05) is 5.32 Å². The van der Waals surface area contributed by atoms with Crippen molar-refractivity contribution in [3.05, 3.63) is 42.5 Å². The molecule has 0 saturated heterocycles. The SMILES string of the molecule is CCC(CC)(C(=O)Nc1ccc2ccccc2c1)C(N)=S. The van der Waals surface area contributed by atoms with Crippen LogP contribution in [0.2, 0.25) is 0 Å². The average Bonchev–Trinajstić information content (AvgIpc) is 2.48. The van der Waals surface area contributed by atoms with E-state index >= 15 is 0 Å². The van der Waals surface area contributed by atoms with Crippen molar-refractivity contribution in [2.45, 2.75) is 26.7 Å². The van der Waals surface area contributed by atoms with Crippen LogP contribution >= 0.6 is 12.2 Å². The van der Waals surface area contributed by atoms with Crippen LogP contribution in [-0.4, -0.2) is 10.9 Å². The second kappa shape index (κ2) is 6.22. The van der Waals surface area contributed by atoms with E-state index in [1.165, 1.54) is 0 Å².